The molecule has 1 atom stereocenters. The third-order valence-corrected chi connectivity index (χ3v) is 4.18. The Kier molecular flexibility index (Phi) is 4.15. The first-order valence-corrected chi connectivity index (χ1v) is 7.59. The van der Waals surface area contributed by atoms with Gasteiger partial charge in [-0.3, -0.25) is 14.7 Å². The van der Waals surface area contributed by atoms with Gasteiger partial charge < -0.3 is 5.32 Å². The van der Waals surface area contributed by atoms with Gasteiger partial charge in [-0.05, 0) is 50.6 Å². The van der Waals surface area contributed by atoms with Crippen molar-refractivity contribution in [3.8, 4) is 0 Å². The molecule has 1 aliphatic heterocycles. The summed E-state index contributed by atoms with van der Waals surface area (Å²) in [5.74, 6) is 0.102. The molecule has 110 valence electrons. The lowest BCUT2D eigenvalue weighted by molar-refractivity contribution is -0.125. The van der Waals surface area contributed by atoms with E-state index in [0.717, 1.165) is 29.6 Å². The van der Waals surface area contributed by atoms with Gasteiger partial charge in [-0.25, -0.2) is 0 Å². The number of likely N-dealkylation sites (tertiary alicyclic amines) is 1. The molecule has 2 heterocycles. The molecule has 0 radical (unpaired) electrons. The number of nitrogens with zero attached hydrogens (tertiary/aromatic N) is 2. The van der Waals surface area contributed by atoms with Crippen LogP contribution in [0.5, 0.6) is 0 Å². The lowest BCUT2D eigenvalue weighted by Crippen LogP contribution is -2.43. The quantitative estimate of drug-likeness (QED) is 0.936. The second-order valence-corrected chi connectivity index (χ2v) is 5.67. The summed E-state index contributed by atoms with van der Waals surface area (Å²) in [5, 5.41) is 4.13. The van der Waals surface area contributed by atoms with Gasteiger partial charge in [-0.15, -0.1) is 0 Å². The molecular formula is C17H21N3O. The highest BCUT2D eigenvalue weighted by Crippen LogP contribution is 2.13. The molecule has 0 bridgehead atoms. The Morgan fingerprint density at radius 1 is 1.33 bits per heavy atom. The van der Waals surface area contributed by atoms with E-state index in [1.807, 2.05) is 37.4 Å². The predicted molar refractivity (Wildman–Crippen MR) is 83.9 cm³/mol. The lowest BCUT2D eigenvalue weighted by atomic mass is 10.1. The Balaban J connectivity index is 1.61. The van der Waals surface area contributed by atoms with E-state index in [4.69, 9.17) is 0 Å². The van der Waals surface area contributed by atoms with E-state index in [1.54, 1.807) is 0 Å². The van der Waals surface area contributed by atoms with Gasteiger partial charge in [-0.2, -0.15) is 0 Å². The third kappa shape index (κ3) is 3.22. The van der Waals surface area contributed by atoms with E-state index >= 15 is 0 Å². The van der Waals surface area contributed by atoms with Crippen LogP contribution in [-0.2, 0) is 11.3 Å². The molecule has 21 heavy (non-hydrogen) atoms. The van der Waals surface area contributed by atoms with E-state index in [9.17, 15) is 4.79 Å². The number of carbonyl (C=O) groups is 1. The second-order valence-electron chi connectivity index (χ2n) is 5.67. The fourth-order valence-corrected chi connectivity index (χ4v) is 2.84. The highest BCUT2D eigenvalue weighted by molar-refractivity contribution is 5.82. The van der Waals surface area contributed by atoms with Crippen molar-refractivity contribution < 1.29 is 4.79 Å². The Bertz CT molecular complexity index is 635. The molecule has 3 rings (SSSR count). The molecule has 1 aliphatic rings. The Labute approximate surface area is 125 Å². The van der Waals surface area contributed by atoms with Crippen molar-refractivity contribution in [1.82, 2.24) is 15.2 Å². The molecule has 1 N–H and O–H groups in total. The van der Waals surface area contributed by atoms with Crippen LogP contribution in [0.4, 0.5) is 0 Å². The first-order chi connectivity index (χ1) is 10.2. The molecule has 0 saturated carbocycles. The van der Waals surface area contributed by atoms with E-state index < -0.39 is 0 Å². The van der Waals surface area contributed by atoms with Crippen molar-refractivity contribution in [2.75, 3.05) is 13.1 Å². The largest absolute Gasteiger partial charge is 0.351 e. The SMILES string of the molecule is C[C@@H](C(=O)NCc1cnc2ccccc2c1)N1CCCC1. The van der Waals surface area contributed by atoms with E-state index in [-0.39, 0.29) is 11.9 Å². The molecule has 1 aromatic carbocycles. The van der Waals surface area contributed by atoms with Gasteiger partial charge >= 0.3 is 0 Å². The van der Waals surface area contributed by atoms with E-state index in [1.165, 1.54) is 12.8 Å². The summed E-state index contributed by atoms with van der Waals surface area (Å²) < 4.78 is 0. The zero-order chi connectivity index (χ0) is 14.7. The molecule has 1 fully saturated rings. The summed E-state index contributed by atoms with van der Waals surface area (Å²) in [6.07, 6.45) is 4.24. The zero-order valence-electron chi connectivity index (χ0n) is 12.4. The molecule has 0 spiro atoms. The molecule has 4 heteroatoms. The first-order valence-electron chi connectivity index (χ1n) is 7.59. The van der Waals surface area contributed by atoms with Crippen LogP contribution < -0.4 is 5.32 Å². The Morgan fingerprint density at radius 2 is 2.10 bits per heavy atom. The lowest BCUT2D eigenvalue weighted by Gasteiger charge is -2.22. The Hall–Kier alpha value is -1.94. The predicted octanol–water partition coefficient (Wildman–Crippen LogP) is 2.34. The van der Waals surface area contributed by atoms with E-state index in [0.29, 0.717) is 6.54 Å². The number of para-hydroxylation sites is 1. The number of hydrogen-bond donors (Lipinski definition) is 1. The number of rotatable bonds is 4. The van der Waals surface area contributed by atoms with Gasteiger partial charge in [0.05, 0.1) is 11.6 Å². The molecule has 1 saturated heterocycles. The average Bonchev–Trinajstić information content (AvgIpc) is 3.06. The smallest absolute Gasteiger partial charge is 0.237 e. The van der Waals surface area contributed by atoms with Crippen molar-refractivity contribution in [3.05, 3.63) is 42.1 Å². The minimum atomic E-state index is -0.0408. The monoisotopic (exact) mass is 283 g/mol. The number of fused-ring (bicyclic) bond motifs is 1. The molecule has 1 amide bonds. The first kappa shape index (κ1) is 14.0. The van der Waals surface area contributed by atoms with Crippen LogP contribution in [0, 0.1) is 0 Å². The number of pyridine rings is 1. The van der Waals surface area contributed by atoms with Crippen LogP contribution in [0.2, 0.25) is 0 Å². The van der Waals surface area contributed by atoms with E-state index in [2.05, 4.69) is 21.3 Å². The summed E-state index contributed by atoms with van der Waals surface area (Å²) in [4.78, 5) is 18.9. The maximum Gasteiger partial charge on any atom is 0.237 e. The van der Waals surface area contributed by atoms with Crippen molar-refractivity contribution in [2.24, 2.45) is 0 Å². The standard InChI is InChI=1S/C17H21N3O/c1-13(20-8-4-5-9-20)17(21)19-12-14-10-15-6-2-3-7-16(15)18-11-14/h2-3,6-7,10-11,13H,4-5,8-9,12H2,1H3,(H,19,21)/t13-/m0/s1. The van der Waals surface area contributed by atoms with Crippen LogP contribution in [0.25, 0.3) is 10.9 Å². The summed E-state index contributed by atoms with van der Waals surface area (Å²) in [6, 6.07) is 10.1. The molecule has 1 aromatic heterocycles. The second kappa shape index (κ2) is 6.22. The fraction of sp³-hybridized carbons (Fsp3) is 0.412. The van der Waals surface area contributed by atoms with Crippen LogP contribution in [0.1, 0.15) is 25.3 Å². The van der Waals surface area contributed by atoms with Gasteiger partial charge in [0, 0.05) is 18.1 Å². The maximum atomic E-state index is 12.2. The fourth-order valence-electron chi connectivity index (χ4n) is 2.84. The van der Waals surface area contributed by atoms with Gasteiger partial charge in [0.1, 0.15) is 0 Å². The number of hydrogen-bond acceptors (Lipinski definition) is 3. The number of nitrogens with one attached hydrogen (secondary N) is 1. The summed E-state index contributed by atoms with van der Waals surface area (Å²) in [5.41, 5.74) is 2.02. The van der Waals surface area contributed by atoms with Crippen molar-refractivity contribution in [3.63, 3.8) is 0 Å². The molecule has 0 unspecified atom stereocenters. The molecular weight excluding hydrogens is 262 g/mol. The van der Waals surface area contributed by atoms with Gasteiger partial charge in [0.2, 0.25) is 5.91 Å². The van der Waals surface area contributed by atoms with Crippen molar-refractivity contribution in [1.29, 1.82) is 0 Å². The van der Waals surface area contributed by atoms with Gasteiger partial charge in [0.15, 0.2) is 0 Å². The average molecular weight is 283 g/mol. The number of amides is 1. The molecule has 2 aromatic rings. The van der Waals surface area contributed by atoms with Crippen LogP contribution >= 0.6 is 0 Å². The number of aromatic nitrogens is 1. The number of benzene rings is 1. The topological polar surface area (TPSA) is 45.2 Å². The number of carbonyl (C=O) groups excluding carboxylic acids is 1. The minimum absolute atomic E-state index is 0.0408. The minimum Gasteiger partial charge on any atom is -0.351 e. The molecule has 4 nitrogen and oxygen atoms in total. The maximum absolute atomic E-state index is 12.2. The van der Waals surface area contributed by atoms with Gasteiger partial charge in [-0.1, -0.05) is 18.2 Å². The normalized spacial score (nSPS) is 17.0. The third-order valence-electron chi connectivity index (χ3n) is 4.18. The van der Waals surface area contributed by atoms with Crippen molar-refractivity contribution in [2.45, 2.75) is 32.4 Å². The summed E-state index contributed by atoms with van der Waals surface area (Å²) >= 11 is 0. The Morgan fingerprint density at radius 3 is 2.90 bits per heavy atom. The summed E-state index contributed by atoms with van der Waals surface area (Å²) in [7, 11) is 0. The van der Waals surface area contributed by atoms with Crippen LogP contribution in [0.15, 0.2) is 36.5 Å². The summed E-state index contributed by atoms with van der Waals surface area (Å²) in [6.45, 7) is 4.59. The van der Waals surface area contributed by atoms with Crippen LogP contribution in [-0.4, -0.2) is 34.9 Å². The van der Waals surface area contributed by atoms with Crippen molar-refractivity contribution >= 4 is 16.8 Å². The van der Waals surface area contributed by atoms with Crippen LogP contribution in [0.3, 0.4) is 0 Å². The highest BCUT2D eigenvalue weighted by atomic mass is 16.2. The zero-order valence-corrected chi connectivity index (χ0v) is 12.4. The van der Waals surface area contributed by atoms with Gasteiger partial charge in [0.25, 0.3) is 0 Å². The highest BCUT2D eigenvalue weighted by Gasteiger charge is 2.23. The molecule has 0 aliphatic carbocycles.